The molecule has 0 radical (unpaired) electrons. The van der Waals surface area contributed by atoms with Gasteiger partial charge in [-0.25, -0.2) is 13.4 Å². The molecule has 0 spiro atoms. The Morgan fingerprint density at radius 3 is 2.31 bits per heavy atom. The number of nitrogens with zero attached hydrogens (tertiary/aromatic N) is 3. The van der Waals surface area contributed by atoms with Crippen LogP contribution in [0.4, 0.5) is 0 Å². The van der Waals surface area contributed by atoms with Gasteiger partial charge >= 0.3 is 0 Å². The topological polar surface area (TPSA) is 81.4 Å². The van der Waals surface area contributed by atoms with Crippen LogP contribution in [0.3, 0.4) is 0 Å². The summed E-state index contributed by atoms with van der Waals surface area (Å²) in [5.74, 6) is -0.173. The van der Waals surface area contributed by atoms with Crippen molar-refractivity contribution in [2.75, 3.05) is 0 Å². The molecule has 0 unspecified atom stereocenters. The molecule has 4 aromatic rings. The van der Waals surface area contributed by atoms with Crippen molar-refractivity contribution in [2.45, 2.75) is 10.1 Å². The molecule has 0 amide bonds. The number of benzene rings is 2. The van der Waals surface area contributed by atoms with E-state index in [1.54, 1.807) is 36.4 Å². The number of rotatable bonds is 4. The van der Waals surface area contributed by atoms with Crippen molar-refractivity contribution in [3.8, 4) is 11.1 Å². The molecule has 2 aromatic carbocycles. The largest absolute Gasteiger partial charge is 0.283 e. The summed E-state index contributed by atoms with van der Waals surface area (Å²) in [4.78, 5) is 17.2. The molecule has 0 saturated heterocycles. The Bertz CT molecular complexity index is 1230. The Morgan fingerprint density at radius 1 is 0.962 bits per heavy atom. The minimum absolute atomic E-state index is 0.115. The molecule has 0 fully saturated rings. The van der Waals surface area contributed by atoms with Crippen molar-refractivity contribution in [3.63, 3.8) is 0 Å². The predicted octanol–water partition coefficient (Wildman–Crippen LogP) is 2.79. The maximum absolute atomic E-state index is 12.7. The summed E-state index contributed by atoms with van der Waals surface area (Å²) >= 11 is 0.894. The molecule has 0 atom stereocenters. The van der Waals surface area contributed by atoms with Crippen molar-refractivity contribution in [3.05, 3.63) is 82.8 Å². The Morgan fingerprint density at radius 2 is 1.62 bits per heavy atom. The van der Waals surface area contributed by atoms with Gasteiger partial charge in [-0.05, 0) is 11.1 Å². The normalized spacial score (nSPS) is 11.7. The first-order valence-corrected chi connectivity index (χ1v) is 10.2. The number of aromatic nitrogens is 3. The van der Waals surface area contributed by atoms with Gasteiger partial charge in [0.05, 0.1) is 11.3 Å². The number of fused-ring (bicyclic) bond motifs is 1. The zero-order valence-electron chi connectivity index (χ0n) is 13.4. The molecular weight excluding hydrogens is 370 g/mol. The first kappa shape index (κ1) is 16.6. The highest BCUT2D eigenvalue weighted by Gasteiger charge is 2.22. The van der Waals surface area contributed by atoms with Gasteiger partial charge in [0.15, 0.2) is 0 Å². The van der Waals surface area contributed by atoms with Crippen LogP contribution in [-0.2, 0) is 15.6 Å². The van der Waals surface area contributed by atoms with Crippen LogP contribution in [0.2, 0.25) is 0 Å². The second kappa shape index (κ2) is 6.47. The SMILES string of the molecule is O=c1c(-c2ccccc2)cnc2sc(S(=O)(=O)Cc3ccccc3)nn12. The molecule has 4 rings (SSSR count). The van der Waals surface area contributed by atoms with Gasteiger partial charge in [0.25, 0.3) is 5.56 Å². The second-order valence-corrected chi connectivity index (χ2v) is 8.77. The first-order valence-electron chi connectivity index (χ1n) is 7.75. The Balaban J connectivity index is 1.79. The molecule has 2 aromatic heterocycles. The smallest absolute Gasteiger partial charge is 0.267 e. The van der Waals surface area contributed by atoms with Crippen LogP contribution in [0.5, 0.6) is 0 Å². The fraction of sp³-hybridized carbons (Fsp3) is 0.0556. The van der Waals surface area contributed by atoms with Crippen molar-refractivity contribution in [1.29, 1.82) is 0 Å². The van der Waals surface area contributed by atoms with Gasteiger partial charge in [-0.1, -0.05) is 72.0 Å². The van der Waals surface area contributed by atoms with Crippen LogP contribution in [-0.4, -0.2) is 23.0 Å². The maximum Gasteiger partial charge on any atom is 0.283 e. The van der Waals surface area contributed by atoms with Crippen LogP contribution < -0.4 is 5.56 Å². The standard InChI is InChI=1S/C18H13N3O3S2/c22-16-15(14-9-5-2-6-10-14)11-19-17-21(16)20-18(25-17)26(23,24)12-13-7-3-1-4-8-13/h1-11H,12H2. The second-order valence-electron chi connectivity index (χ2n) is 5.65. The third-order valence-corrected chi connectivity index (χ3v) is 6.87. The lowest BCUT2D eigenvalue weighted by atomic mass is 10.1. The third-order valence-electron chi connectivity index (χ3n) is 3.82. The molecule has 0 aliphatic rings. The number of sulfone groups is 1. The fourth-order valence-electron chi connectivity index (χ4n) is 2.57. The van der Waals surface area contributed by atoms with E-state index < -0.39 is 15.4 Å². The lowest BCUT2D eigenvalue weighted by molar-refractivity contribution is 0.592. The molecule has 26 heavy (non-hydrogen) atoms. The maximum atomic E-state index is 12.7. The van der Waals surface area contributed by atoms with E-state index in [-0.39, 0.29) is 15.1 Å². The highest BCUT2D eigenvalue weighted by Crippen LogP contribution is 2.22. The third kappa shape index (κ3) is 3.04. The summed E-state index contributed by atoms with van der Waals surface area (Å²) in [6, 6.07) is 17.9. The first-order chi connectivity index (χ1) is 12.5. The lowest BCUT2D eigenvalue weighted by Gasteiger charge is -2.00. The average Bonchev–Trinajstić information content (AvgIpc) is 3.10. The summed E-state index contributed by atoms with van der Waals surface area (Å²) in [6.07, 6.45) is 1.46. The Labute approximate surface area is 153 Å². The van der Waals surface area contributed by atoms with E-state index in [9.17, 15) is 13.2 Å². The molecule has 0 saturated carbocycles. The average molecular weight is 383 g/mol. The fourth-order valence-corrected chi connectivity index (χ4v) is 5.03. The predicted molar refractivity (Wildman–Crippen MR) is 99.9 cm³/mol. The van der Waals surface area contributed by atoms with Crippen molar-refractivity contribution in [2.24, 2.45) is 0 Å². The molecule has 0 bridgehead atoms. The minimum atomic E-state index is -3.66. The van der Waals surface area contributed by atoms with E-state index in [2.05, 4.69) is 10.1 Å². The molecule has 2 heterocycles. The van der Waals surface area contributed by atoms with Gasteiger partial charge in [0.1, 0.15) is 0 Å². The summed E-state index contributed by atoms with van der Waals surface area (Å²) in [6.45, 7) is 0. The van der Waals surface area contributed by atoms with E-state index in [1.807, 2.05) is 24.3 Å². The quantitative estimate of drug-likeness (QED) is 0.541. The molecular formula is C18H13N3O3S2. The van der Waals surface area contributed by atoms with Crippen molar-refractivity contribution < 1.29 is 8.42 Å². The van der Waals surface area contributed by atoms with Gasteiger partial charge in [0.2, 0.25) is 19.1 Å². The van der Waals surface area contributed by atoms with Crippen LogP contribution in [0.25, 0.3) is 16.1 Å². The van der Waals surface area contributed by atoms with E-state index in [4.69, 9.17) is 0 Å². The Hall–Kier alpha value is -2.84. The number of hydrogen-bond donors (Lipinski definition) is 0. The van der Waals surface area contributed by atoms with E-state index >= 15 is 0 Å². The highest BCUT2D eigenvalue weighted by molar-refractivity contribution is 7.92. The zero-order chi connectivity index (χ0) is 18.1. The summed E-state index contributed by atoms with van der Waals surface area (Å²) in [5.41, 5.74) is 1.36. The monoisotopic (exact) mass is 383 g/mol. The molecule has 0 aliphatic heterocycles. The van der Waals surface area contributed by atoms with Crippen LogP contribution >= 0.6 is 11.3 Å². The van der Waals surface area contributed by atoms with Crippen LogP contribution in [0, 0.1) is 0 Å². The van der Waals surface area contributed by atoms with Gasteiger partial charge in [-0.15, -0.1) is 5.10 Å². The van der Waals surface area contributed by atoms with E-state index in [1.165, 1.54) is 6.20 Å². The molecule has 8 heteroatoms. The minimum Gasteiger partial charge on any atom is -0.267 e. The molecule has 6 nitrogen and oxygen atoms in total. The van der Waals surface area contributed by atoms with Gasteiger partial charge in [-0.3, -0.25) is 4.79 Å². The van der Waals surface area contributed by atoms with Gasteiger partial charge in [0, 0.05) is 6.20 Å². The summed E-state index contributed by atoms with van der Waals surface area (Å²) in [7, 11) is -3.66. The van der Waals surface area contributed by atoms with Gasteiger partial charge in [-0.2, -0.15) is 4.52 Å². The molecule has 130 valence electrons. The summed E-state index contributed by atoms with van der Waals surface area (Å²) < 4.78 is 26.2. The van der Waals surface area contributed by atoms with Crippen LogP contribution in [0.1, 0.15) is 5.56 Å². The number of hydrogen-bond acceptors (Lipinski definition) is 6. The van der Waals surface area contributed by atoms with Crippen molar-refractivity contribution in [1.82, 2.24) is 14.6 Å². The van der Waals surface area contributed by atoms with Crippen LogP contribution in [0.15, 0.2) is 76.0 Å². The van der Waals surface area contributed by atoms with E-state index in [0.29, 0.717) is 16.7 Å². The summed E-state index contributed by atoms with van der Waals surface area (Å²) in [5, 5.41) is 4.04. The zero-order valence-corrected chi connectivity index (χ0v) is 15.1. The van der Waals surface area contributed by atoms with Gasteiger partial charge < -0.3 is 0 Å². The lowest BCUT2D eigenvalue weighted by Crippen LogP contribution is -2.17. The Kier molecular flexibility index (Phi) is 4.14. The van der Waals surface area contributed by atoms with E-state index in [0.717, 1.165) is 15.9 Å². The van der Waals surface area contributed by atoms with Crippen molar-refractivity contribution >= 4 is 26.1 Å². The molecule has 0 N–H and O–H groups in total. The highest BCUT2D eigenvalue weighted by atomic mass is 32.2. The molecule has 0 aliphatic carbocycles.